The van der Waals surface area contributed by atoms with E-state index in [0.717, 1.165) is 16.8 Å². The Labute approximate surface area is 156 Å². The fraction of sp³-hybridized carbons (Fsp3) is 0.250. The van der Waals surface area contributed by atoms with Gasteiger partial charge in [-0.15, -0.1) is 0 Å². The normalized spacial score (nSPS) is 10.7. The highest BCUT2D eigenvalue weighted by Gasteiger charge is 2.15. The van der Waals surface area contributed by atoms with Gasteiger partial charge in [0.05, 0.1) is 11.0 Å². The molecule has 2 aromatic carbocycles. The van der Waals surface area contributed by atoms with E-state index in [0.29, 0.717) is 0 Å². The monoisotopic (exact) mass is 346 g/mol. The van der Waals surface area contributed by atoms with E-state index in [1.807, 2.05) is 46.8 Å². The van der Waals surface area contributed by atoms with Crippen molar-refractivity contribution >= 4 is 44.9 Å². The van der Waals surface area contributed by atoms with Gasteiger partial charge in [0, 0.05) is 32.9 Å². The molecule has 2 aromatic heterocycles. The highest BCUT2D eigenvalue weighted by atomic mass is 14.8. The summed E-state index contributed by atoms with van der Waals surface area (Å²) in [7, 11) is 0. The predicted molar refractivity (Wildman–Crippen MR) is 120 cm³/mol. The molecule has 0 aliphatic heterocycles. The van der Waals surface area contributed by atoms with Crippen molar-refractivity contribution in [1.29, 1.82) is 0 Å². The molecule has 136 valence electrons. The molecular formula is C24H30N2. The van der Waals surface area contributed by atoms with Crippen LogP contribution in [-0.4, -0.2) is 9.97 Å². The number of aromatic nitrogens is 2. The Morgan fingerprint density at radius 2 is 1.62 bits per heavy atom. The number of rotatable bonds is 2. The number of aromatic amines is 2. The van der Waals surface area contributed by atoms with Crippen LogP contribution in [0.5, 0.6) is 0 Å². The lowest BCUT2D eigenvalue weighted by Gasteiger charge is -2.00. The number of hydrogen-bond donors (Lipinski definition) is 2. The number of benzene rings is 2. The molecule has 2 heteroatoms. The fourth-order valence-corrected chi connectivity index (χ4v) is 3.44. The molecule has 0 unspecified atom stereocenters. The van der Waals surface area contributed by atoms with Crippen LogP contribution in [0.25, 0.3) is 44.9 Å². The number of fused-ring (bicyclic) bond motifs is 5. The number of allylic oxidation sites excluding steroid dienone is 1. The van der Waals surface area contributed by atoms with Crippen LogP contribution in [0.1, 0.15) is 51.4 Å². The van der Waals surface area contributed by atoms with Crippen molar-refractivity contribution in [2.75, 3.05) is 0 Å². The molecule has 0 fully saturated rings. The third-order valence-electron chi connectivity index (χ3n) is 4.36. The van der Waals surface area contributed by atoms with Crippen molar-refractivity contribution < 1.29 is 0 Å². The number of nitrogens with one attached hydrogen (secondary N) is 2. The molecular weight excluding hydrogens is 316 g/mol. The lowest BCUT2D eigenvalue weighted by molar-refractivity contribution is 1.41. The van der Waals surface area contributed by atoms with E-state index in [9.17, 15) is 0 Å². The van der Waals surface area contributed by atoms with Crippen molar-refractivity contribution in [2.24, 2.45) is 0 Å². The molecule has 2 heterocycles. The lowest BCUT2D eigenvalue weighted by atomic mass is 10.0. The Kier molecular flexibility index (Phi) is 6.46. The summed E-state index contributed by atoms with van der Waals surface area (Å²) in [6.45, 7) is 16.2. The lowest BCUT2D eigenvalue weighted by Crippen LogP contribution is -1.79. The smallest absolute Gasteiger partial charge is 0.0713 e. The molecule has 0 saturated heterocycles. The van der Waals surface area contributed by atoms with E-state index >= 15 is 0 Å². The van der Waals surface area contributed by atoms with Crippen LogP contribution in [0, 0.1) is 6.92 Å². The molecule has 0 amide bonds. The first-order chi connectivity index (χ1) is 12.7. The van der Waals surface area contributed by atoms with Crippen molar-refractivity contribution in [3.8, 4) is 0 Å². The maximum Gasteiger partial charge on any atom is 0.0713 e. The third kappa shape index (κ3) is 3.08. The topological polar surface area (TPSA) is 31.6 Å². The molecule has 0 radical (unpaired) electrons. The van der Waals surface area contributed by atoms with Gasteiger partial charge >= 0.3 is 0 Å². The second-order valence-electron chi connectivity index (χ2n) is 5.69. The first-order valence-electron chi connectivity index (χ1n) is 9.55. The Morgan fingerprint density at radius 1 is 0.923 bits per heavy atom. The van der Waals surface area contributed by atoms with Crippen molar-refractivity contribution in [3.05, 3.63) is 59.8 Å². The van der Waals surface area contributed by atoms with Crippen molar-refractivity contribution in [2.45, 2.75) is 41.5 Å². The SMILES string of the molecule is C=Cc1c(/C=C\C)[nH]c2c1cc(C)c1c3ccccc3[nH]c21.CC.CC. The van der Waals surface area contributed by atoms with Gasteiger partial charge in [0.1, 0.15) is 0 Å². The van der Waals surface area contributed by atoms with Gasteiger partial charge in [-0.1, -0.05) is 64.6 Å². The van der Waals surface area contributed by atoms with Crippen LogP contribution < -0.4 is 0 Å². The third-order valence-corrected chi connectivity index (χ3v) is 4.36. The number of aryl methyl sites for hydroxylation is 1. The van der Waals surface area contributed by atoms with E-state index in [2.05, 4.69) is 59.9 Å². The zero-order valence-electron chi connectivity index (χ0n) is 16.8. The molecule has 4 aromatic rings. The first kappa shape index (κ1) is 19.6. The second-order valence-corrected chi connectivity index (χ2v) is 5.69. The Hall–Kier alpha value is -2.74. The summed E-state index contributed by atoms with van der Waals surface area (Å²) < 4.78 is 0. The molecule has 26 heavy (non-hydrogen) atoms. The zero-order chi connectivity index (χ0) is 19.3. The minimum Gasteiger partial charge on any atom is -0.353 e. The van der Waals surface area contributed by atoms with Crippen LogP contribution in [0.3, 0.4) is 0 Å². The Bertz CT molecular complexity index is 1060. The minimum absolute atomic E-state index is 1.11. The van der Waals surface area contributed by atoms with Crippen molar-refractivity contribution in [3.63, 3.8) is 0 Å². The van der Waals surface area contributed by atoms with E-state index in [-0.39, 0.29) is 0 Å². The van der Waals surface area contributed by atoms with Crippen LogP contribution in [0.2, 0.25) is 0 Å². The van der Waals surface area contributed by atoms with E-state index in [4.69, 9.17) is 0 Å². The summed E-state index contributed by atoms with van der Waals surface area (Å²) in [6.07, 6.45) is 6.08. The Balaban J connectivity index is 0.000000570. The van der Waals surface area contributed by atoms with Crippen LogP contribution in [-0.2, 0) is 0 Å². The molecule has 0 spiro atoms. The van der Waals surface area contributed by atoms with Gasteiger partial charge in [-0.2, -0.15) is 0 Å². The largest absolute Gasteiger partial charge is 0.353 e. The van der Waals surface area contributed by atoms with E-state index < -0.39 is 0 Å². The summed E-state index contributed by atoms with van der Waals surface area (Å²) in [6, 6.07) is 10.7. The highest BCUT2D eigenvalue weighted by Crippen LogP contribution is 2.36. The second kappa shape index (κ2) is 8.57. The molecule has 0 bridgehead atoms. The molecule has 0 aliphatic carbocycles. The minimum atomic E-state index is 1.11. The number of hydrogen-bond acceptors (Lipinski definition) is 0. The van der Waals surface area contributed by atoms with E-state index in [1.165, 1.54) is 32.8 Å². The standard InChI is InChI=1S/C20H18N2.2C2H6/c1-4-8-16-13(5-2)15-11-12(3)18-14-9-6-7-10-17(14)22-20(18)19(15)21-16;2*1-2/h4-11,21-22H,2H2,1,3H3;2*1-2H3/b8-4-;;. The first-order valence-corrected chi connectivity index (χ1v) is 9.55. The average molecular weight is 347 g/mol. The van der Waals surface area contributed by atoms with Gasteiger partial charge in [-0.3, -0.25) is 0 Å². The van der Waals surface area contributed by atoms with Gasteiger partial charge in [0.2, 0.25) is 0 Å². The highest BCUT2D eigenvalue weighted by molar-refractivity contribution is 6.19. The van der Waals surface area contributed by atoms with Gasteiger partial charge in [0.15, 0.2) is 0 Å². The maximum atomic E-state index is 3.98. The molecule has 0 atom stereocenters. The van der Waals surface area contributed by atoms with Gasteiger partial charge < -0.3 is 9.97 Å². The Morgan fingerprint density at radius 3 is 2.27 bits per heavy atom. The van der Waals surface area contributed by atoms with Crippen LogP contribution >= 0.6 is 0 Å². The summed E-state index contributed by atoms with van der Waals surface area (Å²) in [4.78, 5) is 7.14. The van der Waals surface area contributed by atoms with Crippen LogP contribution in [0.4, 0.5) is 0 Å². The van der Waals surface area contributed by atoms with Crippen molar-refractivity contribution in [1.82, 2.24) is 9.97 Å². The summed E-state index contributed by atoms with van der Waals surface area (Å²) in [5.41, 5.74) is 7.06. The zero-order valence-corrected chi connectivity index (χ0v) is 16.8. The number of H-pyrrole nitrogens is 2. The summed E-state index contributed by atoms with van der Waals surface area (Å²) >= 11 is 0. The van der Waals surface area contributed by atoms with Gasteiger partial charge in [0.25, 0.3) is 0 Å². The quantitative estimate of drug-likeness (QED) is 0.370. The fourth-order valence-electron chi connectivity index (χ4n) is 3.44. The number of para-hydroxylation sites is 1. The average Bonchev–Trinajstić information content (AvgIpc) is 3.24. The predicted octanol–water partition coefficient (Wildman–Crippen LogP) is 7.84. The summed E-state index contributed by atoms with van der Waals surface area (Å²) in [5.74, 6) is 0. The van der Waals surface area contributed by atoms with E-state index in [1.54, 1.807) is 0 Å². The molecule has 4 rings (SSSR count). The molecule has 2 nitrogen and oxygen atoms in total. The van der Waals surface area contributed by atoms with Gasteiger partial charge in [-0.05, 0) is 37.6 Å². The molecule has 0 aliphatic rings. The summed E-state index contributed by atoms with van der Waals surface area (Å²) in [5, 5.41) is 3.80. The maximum absolute atomic E-state index is 3.98. The van der Waals surface area contributed by atoms with Crippen LogP contribution in [0.15, 0.2) is 43.0 Å². The molecule has 0 saturated carbocycles. The molecule has 2 N–H and O–H groups in total. The van der Waals surface area contributed by atoms with Gasteiger partial charge in [-0.25, -0.2) is 0 Å².